The van der Waals surface area contributed by atoms with Gasteiger partial charge in [-0.3, -0.25) is 4.40 Å². The van der Waals surface area contributed by atoms with Gasteiger partial charge in [-0.2, -0.15) is 0 Å². The highest BCUT2D eigenvalue weighted by Crippen LogP contribution is 2.40. The Hall–Kier alpha value is -1.86. The van der Waals surface area contributed by atoms with E-state index in [0.717, 1.165) is 27.2 Å². The Kier molecular flexibility index (Phi) is 3.02. The second kappa shape index (κ2) is 4.60. The summed E-state index contributed by atoms with van der Waals surface area (Å²) < 4.78 is 2.75. The summed E-state index contributed by atoms with van der Waals surface area (Å²) in [5.74, 6) is -1.31. The molecular weight excluding hydrogens is 344 g/mol. The minimum absolute atomic E-state index is 0.0533. The van der Waals surface area contributed by atoms with E-state index in [9.17, 15) is 9.90 Å². The van der Waals surface area contributed by atoms with Crippen molar-refractivity contribution in [2.45, 2.75) is 6.92 Å². The molecule has 0 saturated heterocycles. The minimum Gasteiger partial charge on any atom is -0.506 e. The number of carbonyl (C=O) groups is 1. The van der Waals surface area contributed by atoms with Crippen LogP contribution < -0.4 is 0 Å². The average molecular weight is 353 g/mol. The molecule has 0 aliphatic rings. The predicted octanol–water partition coefficient (Wildman–Crippen LogP) is 3.54. The summed E-state index contributed by atoms with van der Waals surface area (Å²) in [6.45, 7) is 1.70. The molecule has 0 bridgehead atoms. The Morgan fingerprint density at radius 2 is 2.20 bits per heavy atom. The van der Waals surface area contributed by atoms with Gasteiger partial charge in [0.15, 0.2) is 4.88 Å². The smallest absolute Gasteiger partial charge is 0.349 e. The van der Waals surface area contributed by atoms with E-state index in [-0.39, 0.29) is 10.6 Å². The molecule has 5 nitrogen and oxygen atoms in total. The van der Waals surface area contributed by atoms with Gasteiger partial charge < -0.3 is 10.2 Å². The first-order valence-electron chi connectivity index (χ1n) is 5.67. The molecule has 0 unspecified atom stereocenters. The Morgan fingerprint density at radius 3 is 2.85 bits per heavy atom. The molecule has 0 atom stereocenters. The highest BCUT2D eigenvalue weighted by Gasteiger charge is 2.22. The lowest BCUT2D eigenvalue weighted by atomic mass is 10.2. The van der Waals surface area contributed by atoms with Gasteiger partial charge in [0.25, 0.3) is 0 Å². The summed E-state index contributed by atoms with van der Waals surface area (Å²) >= 11 is 4.44. The summed E-state index contributed by atoms with van der Waals surface area (Å²) in [5, 5.41) is 19.0. The van der Waals surface area contributed by atoms with Gasteiger partial charge in [0.05, 0.1) is 16.8 Å². The molecule has 0 aromatic carbocycles. The van der Waals surface area contributed by atoms with Gasteiger partial charge in [-0.15, -0.1) is 11.3 Å². The summed E-state index contributed by atoms with van der Waals surface area (Å²) in [4.78, 5) is 16.0. The number of aromatic carboxylic acids is 1. The van der Waals surface area contributed by atoms with Crippen LogP contribution in [0.1, 0.15) is 15.2 Å². The first kappa shape index (κ1) is 13.1. The number of rotatable bonds is 2. The fourth-order valence-electron chi connectivity index (χ4n) is 2.02. The molecule has 3 rings (SSSR count). The van der Waals surface area contributed by atoms with E-state index in [1.54, 1.807) is 13.1 Å². The van der Waals surface area contributed by atoms with E-state index in [1.165, 1.54) is 0 Å². The number of aromatic hydroxyl groups is 1. The van der Waals surface area contributed by atoms with Crippen LogP contribution >= 0.6 is 27.3 Å². The Labute approximate surface area is 126 Å². The lowest BCUT2D eigenvalue weighted by Crippen LogP contribution is -1.91. The molecule has 20 heavy (non-hydrogen) atoms. The predicted molar refractivity (Wildman–Crippen MR) is 79.6 cm³/mol. The summed E-state index contributed by atoms with van der Waals surface area (Å²) in [5.41, 5.74) is 2.06. The SMILES string of the molecule is Cc1c(-c2cnc3ccc(Br)cn23)sc(C(=O)O)c1O. The van der Waals surface area contributed by atoms with E-state index in [4.69, 9.17) is 5.11 Å². The van der Waals surface area contributed by atoms with E-state index in [2.05, 4.69) is 20.9 Å². The van der Waals surface area contributed by atoms with E-state index >= 15 is 0 Å². The highest BCUT2D eigenvalue weighted by molar-refractivity contribution is 9.10. The zero-order valence-electron chi connectivity index (χ0n) is 10.3. The zero-order chi connectivity index (χ0) is 14.4. The Balaban J connectivity index is 2.28. The van der Waals surface area contributed by atoms with E-state index in [1.807, 2.05) is 22.7 Å². The number of fused-ring (bicyclic) bond motifs is 1. The van der Waals surface area contributed by atoms with Crippen LogP contribution in [-0.2, 0) is 0 Å². The van der Waals surface area contributed by atoms with Gasteiger partial charge in [-0.05, 0) is 35.0 Å². The number of hydrogen-bond donors (Lipinski definition) is 2. The van der Waals surface area contributed by atoms with Crippen LogP contribution in [0.3, 0.4) is 0 Å². The van der Waals surface area contributed by atoms with Crippen LogP contribution in [0.25, 0.3) is 16.2 Å². The Morgan fingerprint density at radius 1 is 1.45 bits per heavy atom. The van der Waals surface area contributed by atoms with Crippen molar-refractivity contribution in [3.63, 3.8) is 0 Å². The first-order valence-corrected chi connectivity index (χ1v) is 7.28. The fraction of sp³-hybridized carbons (Fsp3) is 0.0769. The summed E-state index contributed by atoms with van der Waals surface area (Å²) in [6, 6.07) is 3.74. The van der Waals surface area contributed by atoms with Crippen LogP contribution in [0.5, 0.6) is 5.75 Å². The topological polar surface area (TPSA) is 74.8 Å². The molecule has 7 heteroatoms. The molecule has 2 N–H and O–H groups in total. The van der Waals surface area contributed by atoms with Gasteiger partial charge >= 0.3 is 5.97 Å². The molecule has 3 aromatic rings. The van der Waals surface area contributed by atoms with Gasteiger partial charge in [-0.25, -0.2) is 9.78 Å². The lowest BCUT2D eigenvalue weighted by molar-refractivity contribution is 0.0699. The number of imidazole rings is 1. The molecule has 0 spiro atoms. The second-order valence-electron chi connectivity index (χ2n) is 4.26. The molecule has 0 aliphatic carbocycles. The van der Waals surface area contributed by atoms with Crippen LogP contribution in [0.15, 0.2) is 29.0 Å². The van der Waals surface area contributed by atoms with Gasteiger partial charge in [-0.1, -0.05) is 0 Å². The third-order valence-electron chi connectivity index (χ3n) is 3.01. The molecule has 0 radical (unpaired) electrons. The largest absolute Gasteiger partial charge is 0.506 e. The number of carboxylic acids is 1. The molecule has 102 valence electrons. The van der Waals surface area contributed by atoms with Crippen LogP contribution in [0.4, 0.5) is 0 Å². The first-order chi connectivity index (χ1) is 9.49. The van der Waals surface area contributed by atoms with Crippen molar-refractivity contribution in [1.82, 2.24) is 9.38 Å². The summed E-state index contributed by atoms with van der Waals surface area (Å²) in [7, 11) is 0. The van der Waals surface area contributed by atoms with Crippen molar-refractivity contribution < 1.29 is 15.0 Å². The Bertz CT molecular complexity index is 838. The monoisotopic (exact) mass is 352 g/mol. The van der Waals surface area contributed by atoms with Crippen molar-refractivity contribution in [3.05, 3.63) is 39.4 Å². The minimum atomic E-state index is -1.13. The molecule has 0 aliphatic heterocycles. The third-order valence-corrected chi connectivity index (χ3v) is 4.77. The lowest BCUT2D eigenvalue weighted by Gasteiger charge is -2.01. The third kappa shape index (κ3) is 1.90. The highest BCUT2D eigenvalue weighted by atomic mass is 79.9. The maximum Gasteiger partial charge on any atom is 0.349 e. The number of aromatic nitrogens is 2. The van der Waals surface area contributed by atoms with E-state index in [0.29, 0.717) is 10.4 Å². The van der Waals surface area contributed by atoms with E-state index < -0.39 is 5.97 Å². The molecule has 0 saturated carbocycles. The molecule has 3 heterocycles. The van der Waals surface area contributed by atoms with Crippen molar-refractivity contribution in [1.29, 1.82) is 0 Å². The van der Waals surface area contributed by atoms with Crippen molar-refractivity contribution >= 4 is 38.9 Å². The van der Waals surface area contributed by atoms with Crippen LogP contribution in [0.2, 0.25) is 0 Å². The molecule has 0 fully saturated rings. The second-order valence-corrected chi connectivity index (χ2v) is 6.19. The quantitative estimate of drug-likeness (QED) is 0.739. The average Bonchev–Trinajstić information content (AvgIpc) is 2.92. The van der Waals surface area contributed by atoms with Crippen molar-refractivity contribution in [3.8, 4) is 16.3 Å². The molecular formula is C13H9BrN2O3S. The number of thiophene rings is 1. The van der Waals surface area contributed by atoms with Gasteiger partial charge in [0.2, 0.25) is 0 Å². The fourth-order valence-corrected chi connectivity index (χ4v) is 3.40. The number of halogens is 1. The number of hydrogen-bond acceptors (Lipinski definition) is 4. The number of nitrogens with zero attached hydrogens (tertiary/aromatic N) is 2. The van der Waals surface area contributed by atoms with Gasteiger partial charge in [0, 0.05) is 16.2 Å². The van der Waals surface area contributed by atoms with Crippen LogP contribution in [-0.4, -0.2) is 25.6 Å². The van der Waals surface area contributed by atoms with Crippen molar-refractivity contribution in [2.24, 2.45) is 0 Å². The molecule has 0 amide bonds. The maximum atomic E-state index is 11.1. The standard InChI is InChI=1S/C13H9BrN2O3S/c1-6-10(17)12(13(18)19)20-11(6)8-4-15-9-3-2-7(14)5-16(8)9/h2-5,17H,1H3,(H,18,19). The summed E-state index contributed by atoms with van der Waals surface area (Å²) in [6.07, 6.45) is 3.53. The van der Waals surface area contributed by atoms with Gasteiger partial charge in [0.1, 0.15) is 11.4 Å². The zero-order valence-corrected chi connectivity index (χ0v) is 12.7. The van der Waals surface area contributed by atoms with Crippen molar-refractivity contribution in [2.75, 3.05) is 0 Å². The number of pyridine rings is 1. The van der Waals surface area contributed by atoms with Crippen LogP contribution in [0, 0.1) is 6.92 Å². The number of carboxylic acid groups (broad SMARTS) is 1. The molecule has 3 aromatic heterocycles. The maximum absolute atomic E-state index is 11.1. The normalized spacial score (nSPS) is 11.1.